The second-order valence-electron chi connectivity index (χ2n) is 11.2. The minimum atomic E-state index is -1.58. The smallest absolute Gasteiger partial charge is 0.347 e. The maximum absolute atomic E-state index is 12.4. The first-order chi connectivity index (χ1) is 21.5. The molecule has 0 aromatic rings. The van der Waals surface area contributed by atoms with Crippen molar-refractivity contribution in [1.29, 1.82) is 0 Å². The monoisotopic (exact) mass is 678 g/mol. The van der Waals surface area contributed by atoms with Crippen LogP contribution in [0.2, 0.25) is 0 Å². The van der Waals surface area contributed by atoms with Gasteiger partial charge in [0.05, 0.1) is 12.2 Å². The summed E-state index contributed by atoms with van der Waals surface area (Å²) >= 11 is 0. The van der Waals surface area contributed by atoms with Crippen molar-refractivity contribution in [3.63, 3.8) is 0 Å². The van der Waals surface area contributed by atoms with E-state index in [-0.39, 0.29) is 6.61 Å². The Labute approximate surface area is 273 Å². The van der Waals surface area contributed by atoms with Crippen LogP contribution in [0.5, 0.6) is 0 Å². The van der Waals surface area contributed by atoms with Crippen molar-refractivity contribution in [3.05, 3.63) is 0 Å². The fourth-order valence-electron chi connectivity index (χ4n) is 3.07. The Hall–Kier alpha value is -4.28. The summed E-state index contributed by atoms with van der Waals surface area (Å²) in [6.07, 6.45) is -11.3. The molecule has 17 heteroatoms. The van der Waals surface area contributed by atoms with Crippen molar-refractivity contribution in [2.75, 3.05) is 6.61 Å². The van der Waals surface area contributed by atoms with Gasteiger partial charge in [-0.1, -0.05) is 0 Å². The molecule has 0 saturated carbocycles. The lowest BCUT2D eigenvalue weighted by molar-refractivity contribution is -0.189. The summed E-state index contributed by atoms with van der Waals surface area (Å²) in [5, 5.41) is 0. The summed E-state index contributed by atoms with van der Waals surface area (Å²) in [6.45, 7) is 16.5. The summed E-state index contributed by atoms with van der Waals surface area (Å²) in [4.78, 5) is 97.5. The van der Waals surface area contributed by atoms with Gasteiger partial charge in [-0.25, -0.2) is 38.4 Å². The van der Waals surface area contributed by atoms with Gasteiger partial charge in [0.2, 0.25) is 0 Å². The molecule has 8 atom stereocenters. The lowest BCUT2D eigenvalue weighted by Gasteiger charge is -2.25. The second kappa shape index (κ2) is 19.4. The third kappa shape index (κ3) is 16.2. The zero-order valence-electron chi connectivity index (χ0n) is 28.8. The van der Waals surface area contributed by atoms with Crippen molar-refractivity contribution in [1.82, 2.24) is 0 Å². The molecule has 0 N–H and O–H groups in total. The van der Waals surface area contributed by atoms with Crippen LogP contribution in [0.1, 0.15) is 83.1 Å². The number of hydrogen-bond donors (Lipinski definition) is 0. The molecule has 17 nitrogen and oxygen atoms in total. The molecule has 268 valence electrons. The quantitative estimate of drug-likeness (QED) is 0.156. The van der Waals surface area contributed by atoms with Crippen LogP contribution in [0.15, 0.2) is 0 Å². The Morgan fingerprint density at radius 2 is 0.574 bits per heavy atom. The molecule has 0 spiro atoms. The van der Waals surface area contributed by atoms with Crippen molar-refractivity contribution in [2.45, 2.75) is 138 Å². The van der Waals surface area contributed by atoms with E-state index in [2.05, 4.69) is 0 Å². The van der Waals surface area contributed by atoms with Gasteiger partial charge in [-0.3, -0.25) is 0 Å². The first-order valence-corrected chi connectivity index (χ1v) is 14.8. The molecule has 0 heterocycles. The Balaban J connectivity index is 4.82. The molecular weight excluding hydrogens is 632 g/mol. The Bertz CT molecular complexity index is 1140. The zero-order chi connectivity index (χ0) is 36.8. The standard InChI is InChI=1S/C30H46O17/c1-13-39-22(31)14(2)40-23(32)15(3)41-24(33)16(4)42-25(34)17(5)43-26(35)18(6)44-27(36)19(7)45-28(37)20(8)46-29(38)21(9)47-30(10,11)12/h14-21H,13H2,1-12H3. The highest BCUT2D eigenvalue weighted by atomic mass is 16.7. The van der Waals surface area contributed by atoms with Crippen molar-refractivity contribution in [2.24, 2.45) is 0 Å². The Morgan fingerprint density at radius 1 is 0.383 bits per heavy atom. The summed E-state index contributed by atoms with van der Waals surface area (Å²) < 4.78 is 44.7. The van der Waals surface area contributed by atoms with Gasteiger partial charge in [0.1, 0.15) is 0 Å². The summed E-state index contributed by atoms with van der Waals surface area (Å²) in [5.74, 6) is -8.40. The topological polar surface area (TPSA) is 220 Å². The second-order valence-corrected chi connectivity index (χ2v) is 11.2. The zero-order valence-corrected chi connectivity index (χ0v) is 28.8. The van der Waals surface area contributed by atoms with Crippen LogP contribution in [0, 0.1) is 0 Å². The Morgan fingerprint density at radius 3 is 0.766 bits per heavy atom. The van der Waals surface area contributed by atoms with Crippen LogP contribution in [-0.2, 0) is 81.0 Å². The van der Waals surface area contributed by atoms with E-state index >= 15 is 0 Å². The maximum Gasteiger partial charge on any atom is 0.347 e. The largest absolute Gasteiger partial charge is 0.463 e. The normalized spacial score (nSPS) is 16.3. The summed E-state index contributed by atoms with van der Waals surface area (Å²) in [6, 6.07) is 0. The number of carbonyl (C=O) groups excluding carboxylic acids is 8. The van der Waals surface area contributed by atoms with E-state index in [4.69, 9.17) is 42.6 Å². The third-order valence-electron chi connectivity index (χ3n) is 5.52. The SMILES string of the molecule is CCOC(=O)C(C)OC(=O)C(C)OC(=O)C(C)OC(=O)C(C)OC(=O)C(C)OC(=O)C(C)OC(=O)C(C)OC(=O)C(C)OC(C)(C)C. The van der Waals surface area contributed by atoms with Crippen LogP contribution in [-0.4, -0.2) is 109 Å². The predicted octanol–water partition coefficient (Wildman–Crippen LogP) is 1.28. The molecule has 8 unspecified atom stereocenters. The van der Waals surface area contributed by atoms with Gasteiger partial charge in [0.25, 0.3) is 0 Å². The molecule has 0 radical (unpaired) electrons. The summed E-state index contributed by atoms with van der Waals surface area (Å²) in [7, 11) is 0. The van der Waals surface area contributed by atoms with Crippen molar-refractivity contribution >= 4 is 47.8 Å². The van der Waals surface area contributed by atoms with Gasteiger partial charge in [0.15, 0.2) is 48.8 Å². The third-order valence-corrected chi connectivity index (χ3v) is 5.52. The molecule has 47 heavy (non-hydrogen) atoms. The number of esters is 8. The molecule has 0 aliphatic carbocycles. The van der Waals surface area contributed by atoms with E-state index in [1.165, 1.54) is 27.7 Å². The molecule has 0 aromatic heterocycles. The molecule has 0 aromatic carbocycles. The highest BCUT2D eigenvalue weighted by Crippen LogP contribution is 2.13. The van der Waals surface area contributed by atoms with Crippen LogP contribution in [0.4, 0.5) is 0 Å². The van der Waals surface area contributed by atoms with Gasteiger partial charge in [-0.15, -0.1) is 0 Å². The predicted molar refractivity (Wildman–Crippen MR) is 156 cm³/mol. The first-order valence-electron chi connectivity index (χ1n) is 14.8. The van der Waals surface area contributed by atoms with Gasteiger partial charge >= 0.3 is 47.8 Å². The van der Waals surface area contributed by atoms with Crippen molar-refractivity contribution in [3.8, 4) is 0 Å². The van der Waals surface area contributed by atoms with Gasteiger partial charge < -0.3 is 42.6 Å². The van der Waals surface area contributed by atoms with E-state index < -0.39 is 102 Å². The molecule has 0 saturated heterocycles. The lowest BCUT2D eigenvalue weighted by atomic mass is 10.2. The van der Waals surface area contributed by atoms with E-state index in [0.29, 0.717) is 0 Å². The molecule has 0 bridgehead atoms. The van der Waals surface area contributed by atoms with Crippen LogP contribution in [0.25, 0.3) is 0 Å². The number of rotatable bonds is 17. The first kappa shape index (κ1) is 42.7. The minimum absolute atomic E-state index is 0.0671. The number of ether oxygens (including phenoxy) is 9. The minimum Gasteiger partial charge on any atom is -0.463 e. The fourth-order valence-corrected chi connectivity index (χ4v) is 3.07. The molecule has 0 aliphatic heterocycles. The number of hydrogen-bond acceptors (Lipinski definition) is 17. The lowest BCUT2D eigenvalue weighted by Crippen LogP contribution is -2.40. The average molecular weight is 679 g/mol. The number of carbonyl (C=O) groups is 8. The fraction of sp³-hybridized carbons (Fsp3) is 0.733. The van der Waals surface area contributed by atoms with E-state index in [0.717, 1.165) is 27.7 Å². The van der Waals surface area contributed by atoms with Crippen molar-refractivity contribution < 1.29 is 81.0 Å². The van der Waals surface area contributed by atoms with E-state index in [1.54, 1.807) is 27.7 Å². The van der Waals surface area contributed by atoms with Crippen LogP contribution < -0.4 is 0 Å². The highest BCUT2D eigenvalue weighted by molar-refractivity contribution is 5.87. The molecule has 0 fully saturated rings. The average Bonchev–Trinajstić information content (AvgIpc) is 2.95. The maximum atomic E-state index is 12.4. The summed E-state index contributed by atoms with van der Waals surface area (Å²) in [5.41, 5.74) is -0.644. The molecule has 0 aliphatic rings. The van der Waals surface area contributed by atoms with Gasteiger partial charge in [-0.05, 0) is 83.1 Å². The van der Waals surface area contributed by atoms with Gasteiger partial charge in [0, 0.05) is 0 Å². The Kier molecular flexibility index (Phi) is 17.6. The molecule has 0 amide bonds. The molecular formula is C30H46O17. The molecule has 0 rings (SSSR count). The van der Waals surface area contributed by atoms with Crippen LogP contribution >= 0.6 is 0 Å². The van der Waals surface area contributed by atoms with E-state index in [9.17, 15) is 38.4 Å². The highest BCUT2D eigenvalue weighted by Gasteiger charge is 2.33. The van der Waals surface area contributed by atoms with Crippen LogP contribution in [0.3, 0.4) is 0 Å². The van der Waals surface area contributed by atoms with Gasteiger partial charge in [-0.2, -0.15) is 0 Å². The van der Waals surface area contributed by atoms with E-state index in [1.807, 2.05) is 0 Å².